The predicted octanol–water partition coefficient (Wildman–Crippen LogP) is 5.95. The van der Waals surface area contributed by atoms with E-state index in [-0.39, 0.29) is 5.91 Å². The molecule has 4 aromatic carbocycles. The van der Waals surface area contributed by atoms with E-state index in [1.165, 1.54) is 0 Å². The van der Waals surface area contributed by atoms with Crippen LogP contribution in [0.1, 0.15) is 35.1 Å². The molecule has 4 rings (SSSR count). The minimum Gasteiger partial charge on any atom is -0.490 e. The van der Waals surface area contributed by atoms with Gasteiger partial charge in [-0.2, -0.15) is 5.10 Å². The summed E-state index contributed by atoms with van der Waals surface area (Å²) < 4.78 is 11.7. The van der Waals surface area contributed by atoms with Gasteiger partial charge in [-0.15, -0.1) is 0 Å². The smallest absolute Gasteiger partial charge is 0.252 e. The van der Waals surface area contributed by atoms with Crippen LogP contribution in [0.4, 0.5) is 0 Å². The quantitative estimate of drug-likeness (QED) is 0.233. The van der Waals surface area contributed by atoms with Crippen LogP contribution in [0.5, 0.6) is 11.5 Å². The average Bonchev–Trinajstić information content (AvgIpc) is 2.90. The Kier molecular flexibility index (Phi) is 8.28. The number of rotatable bonds is 10. The highest BCUT2D eigenvalue weighted by Crippen LogP contribution is 2.29. The number of hydrogen-bond donors (Lipinski definition) is 1. The highest BCUT2D eigenvalue weighted by molar-refractivity contribution is 5.88. The largest absolute Gasteiger partial charge is 0.490 e. The molecule has 0 aliphatic rings. The third-order valence-electron chi connectivity index (χ3n) is 5.42. The molecule has 0 saturated carbocycles. The van der Waals surface area contributed by atoms with Gasteiger partial charge in [-0.3, -0.25) is 4.79 Å². The average molecular weight is 465 g/mol. The van der Waals surface area contributed by atoms with Crippen molar-refractivity contribution in [3.05, 3.63) is 131 Å². The number of carbonyl (C=O) groups is 1. The monoisotopic (exact) mass is 464 g/mol. The van der Waals surface area contributed by atoms with Gasteiger partial charge in [0.15, 0.2) is 11.5 Å². The summed E-state index contributed by atoms with van der Waals surface area (Å²) in [7, 11) is 0. The van der Waals surface area contributed by atoms with E-state index in [1.807, 2.05) is 116 Å². The zero-order valence-corrected chi connectivity index (χ0v) is 19.6. The number of benzene rings is 4. The molecule has 0 aliphatic carbocycles. The third-order valence-corrected chi connectivity index (χ3v) is 5.42. The fraction of sp³-hybridized carbons (Fsp3) is 0.133. The normalized spacial score (nSPS) is 10.9. The maximum Gasteiger partial charge on any atom is 0.252 e. The molecule has 0 aromatic heterocycles. The molecule has 0 saturated heterocycles. The van der Waals surface area contributed by atoms with Crippen molar-refractivity contribution in [2.24, 2.45) is 5.10 Å². The number of nitrogens with zero attached hydrogens (tertiary/aromatic N) is 1. The fourth-order valence-corrected chi connectivity index (χ4v) is 3.75. The Labute approximate surface area is 206 Å². The summed E-state index contributed by atoms with van der Waals surface area (Å²) in [6.45, 7) is 2.88. The second-order valence-corrected chi connectivity index (χ2v) is 7.90. The Hall–Kier alpha value is -4.38. The predicted molar refractivity (Wildman–Crippen MR) is 139 cm³/mol. The number of carbonyl (C=O) groups excluding carboxylic acids is 1. The molecule has 0 fully saturated rings. The fourth-order valence-electron chi connectivity index (χ4n) is 3.75. The zero-order valence-electron chi connectivity index (χ0n) is 19.6. The van der Waals surface area contributed by atoms with E-state index in [0.717, 1.165) is 22.3 Å². The first-order valence-corrected chi connectivity index (χ1v) is 11.6. The van der Waals surface area contributed by atoms with E-state index in [2.05, 4.69) is 10.5 Å². The molecule has 0 bridgehead atoms. The van der Waals surface area contributed by atoms with Crippen molar-refractivity contribution in [2.45, 2.75) is 19.4 Å². The van der Waals surface area contributed by atoms with Crippen LogP contribution in [0, 0.1) is 0 Å². The first-order chi connectivity index (χ1) is 17.2. The Morgan fingerprint density at radius 2 is 1.40 bits per heavy atom. The van der Waals surface area contributed by atoms with Gasteiger partial charge in [0, 0.05) is 0 Å². The number of hydrazone groups is 1. The molecule has 0 unspecified atom stereocenters. The van der Waals surface area contributed by atoms with Crippen molar-refractivity contribution in [3.8, 4) is 11.5 Å². The lowest BCUT2D eigenvalue weighted by Gasteiger charge is -2.16. The topological polar surface area (TPSA) is 59.9 Å². The van der Waals surface area contributed by atoms with Gasteiger partial charge in [0.05, 0.1) is 18.7 Å². The number of nitrogens with one attached hydrogen (secondary N) is 1. The molecule has 5 nitrogen and oxygen atoms in total. The summed E-state index contributed by atoms with van der Waals surface area (Å²) in [5.74, 6) is 0.629. The molecule has 35 heavy (non-hydrogen) atoms. The van der Waals surface area contributed by atoms with Gasteiger partial charge in [0.1, 0.15) is 6.61 Å². The summed E-state index contributed by atoms with van der Waals surface area (Å²) in [5, 5.41) is 4.22. The van der Waals surface area contributed by atoms with Crippen LogP contribution < -0.4 is 14.9 Å². The summed E-state index contributed by atoms with van der Waals surface area (Å²) in [6, 6.07) is 34.9. The number of hydrogen-bond acceptors (Lipinski definition) is 4. The lowest BCUT2D eigenvalue weighted by Crippen LogP contribution is -2.26. The van der Waals surface area contributed by atoms with Gasteiger partial charge in [-0.25, -0.2) is 5.43 Å². The second kappa shape index (κ2) is 12.2. The summed E-state index contributed by atoms with van der Waals surface area (Å²) in [4.78, 5) is 13.1. The SMILES string of the molecule is CCOc1cc(/C=N/NC(=O)C(c2ccccc2)c2ccccc2)ccc1OCc1ccccc1. The maximum atomic E-state index is 13.1. The number of ether oxygens (including phenoxy) is 2. The van der Waals surface area contributed by atoms with Crippen molar-refractivity contribution in [1.82, 2.24) is 5.43 Å². The second-order valence-electron chi connectivity index (χ2n) is 7.90. The first kappa shape index (κ1) is 23.8. The molecule has 0 radical (unpaired) electrons. The molecule has 1 N–H and O–H groups in total. The Morgan fingerprint density at radius 1 is 0.800 bits per heavy atom. The lowest BCUT2D eigenvalue weighted by molar-refractivity contribution is -0.121. The molecule has 5 heteroatoms. The first-order valence-electron chi connectivity index (χ1n) is 11.6. The van der Waals surface area contributed by atoms with Crippen molar-refractivity contribution in [3.63, 3.8) is 0 Å². The van der Waals surface area contributed by atoms with Gasteiger partial charge in [-0.05, 0) is 47.4 Å². The van der Waals surface area contributed by atoms with Crippen LogP contribution in [0.2, 0.25) is 0 Å². The molecule has 1 amide bonds. The highest BCUT2D eigenvalue weighted by atomic mass is 16.5. The maximum absolute atomic E-state index is 13.1. The molecule has 0 atom stereocenters. The van der Waals surface area contributed by atoms with E-state index in [0.29, 0.717) is 24.7 Å². The molecule has 0 heterocycles. The molecule has 0 spiro atoms. The Morgan fingerprint density at radius 3 is 2.00 bits per heavy atom. The van der Waals surface area contributed by atoms with Gasteiger partial charge in [0.25, 0.3) is 5.91 Å². The van der Waals surface area contributed by atoms with Gasteiger partial charge >= 0.3 is 0 Å². The molecule has 176 valence electrons. The Balaban J connectivity index is 1.46. The van der Waals surface area contributed by atoms with E-state index in [1.54, 1.807) is 6.21 Å². The van der Waals surface area contributed by atoms with Crippen LogP contribution in [-0.2, 0) is 11.4 Å². The van der Waals surface area contributed by atoms with Crippen LogP contribution in [0.15, 0.2) is 114 Å². The molecular formula is C30H28N2O3. The zero-order chi connectivity index (χ0) is 24.3. The molecule has 4 aromatic rings. The van der Waals surface area contributed by atoms with E-state index in [9.17, 15) is 4.79 Å². The molecular weight excluding hydrogens is 436 g/mol. The summed E-state index contributed by atoms with van der Waals surface area (Å²) in [5.41, 5.74) is 6.38. The standard InChI is InChI=1S/C30H28N2O3/c1-2-34-28-20-24(18-19-27(28)35-22-23-12-6-3-7-13-23)21-31-32-30(33)29(25-14-8-4-9-15-25)26-16-10-5-11-17-26/h3-21,29H,2,22H2,1H3,(H,32,33)/b31-21+. The van der Waals surface area contributed by atoms with E-state index < -0.39 is 5.92 Å². The van der Waals surface area contributed by atoms with Gasteiger partial charge < -0.3 is 9.47 Å². The highest BCUT2D eigenvalue weighted by Gasteiger charge is 2.22. The summed E-state index contributed by atoms with van der Waals surface area (Å²) >= 11 is 0. The summed E-state index contributed by atoms with van der Waals surface area (Å²) in [6.07, 6.45) is 1.61. The van der Waals surface area contributed by atoms with Crippen LogP contribution in [-0.4, -0.2) is 18.7 Å². The van der Waals surface area contributed by atoms with Crippen molar-refractivity contribution >= 4 is 12.1 Å². The van der Waals surface area contributed by atoms with Crippen molar-refractivity contribution in [2.75, 3.05) is 6.61 Å². The van der Waals surface area contributed by atoms with Crippen molar-refractivity contribution in [1.29, 1.82) is 0 Å². The Bertz CT molecular complexity index is 1200. The van der Waals surface area contributed by atoms with Crippen LogP contribution in [0.25, 0.3) is 0 Å². The van der Waals surface area contributed by atoms with Crippen molar-refractivity contribution < 1.29 is 14.3 Å². The van der Waals surface area contributed by atoms with Crippen LogP contribution >= 0.6 is 0 Å². The van der Waals surface area contributed by atoms with Gasteiger partial charge in [0.2, 0.25) is 0 Å². The van der Waals surface area contributed by atoms with E-state index in [4.69, 9.17) is 9.47 Å². The van der Waals surface area contributed by atoms with Crippen LogP contribution in [0.3, 0.4) is 0 Å². The minimum atomic E-state index is -0.456. The number of amides is 1. The lowest BCUT2D eigenvalue weighted by atomic mass is 9.91. The molecule has 0 aliphatic heterocycles. The minimum absolute atomic E-state index is 0.202. The third kappa shape index (κ3) is 6.58. The van der Waals surface area contributed by atoms with Gasteiger partial charge in [-0.1, -0.05) is 91.0 Å². The van der Waals surface area contributed by atoms with E-state index >= 15 is 0 Å².